The molecule has 0 spiro atoms. The minimum atomic E-state index is -0.419. The molecule has 0 aromatic carbocycles. The predicted octanol–water partition coefficient (Wildman–Crippen LogP) is 1.27. The first-order valence-corrected chi connectivity index (χ1v) is 7.00. The van der Waals surface area contributed by atoms with E-state index in [2.05, 4.69) is 10.3 Å². The number of nitrogens with zero attached hydrogens (tertiary/aromatic N) is 1. The standard InChI is InChI=1S/C15H21N3O3/c1-9-5-6-11(14(21)16-9)17-13(20)10-7-12(19)18(8-10)15(2,3)4/h5-6,10H,7-8H2,1-4H3,(H,16,21)(H,17,20)/t10-/m1/s1. The second-order valence-electron chi connectivity index (χ2n) is 6.45. The van der Waals surface area contributed by atoms with Crippen LogP contribution in [0.25, 0.3) is 0 Å². The summed E-state index contributed by atoms with van der Waals surface area (Å²) in [5, 5.41) is 2.61. The fourth-order valence-corrected chi connectivity index (χ4v) is 2.44. The number of carbonyl (C=O) groups excluding carboxylic acids is 2. The van der Waals surface area contributed by atoms with Crippen molar-refractivity contribution in [2.45, 2.75) is 39.7 Å². The summed E-state index contributed by atoms with van der Waals surface area (Å²) in [7, 11) is 0. The van der Waals surface area contributed by atoms with Gasteiger partial charge in [0.15, 0.2) is 0 Å². The van der Waals surface area contributed by atoms with Crippen LogP contribution in [-0.2, 0) is 9.59 Å². The van der Waals surface area contributed by atoms with Gasteiger partial charge in [0.1, 0.15) is 5.69 Å². The maximum Gasteiger partial charge on any atom is 0.271 e. The number of hydrogen-bond acceptors (Lipinski definition) is 3. The van der Waals surface area contributed by atoms with Gasteiger partial charge >= 0.3 is 0 Å². The van der Waals surface area contributed by atoms with Crippen LogP contribution in [0.4, 0.5) is 5.69 Å². The number of nitrogens with one attached hydrogen (secondary N) is 2. The molecule has 2 heterocycles. The number of aromatic nitrogens is 1. The number of H-pyrrole nitrogens is 1. The van der Waals surface area contributed by atoms with Gasteiger partial charge < -0.3 is 15.2 Å². The molecule has 0 unspecified atom stereocenters. The zero-order valence-corrected chi connectivity index (χ0v) is 12.8. The van der Waals surface area contributed by atoms with Crippen LogP contribution in [-0.4, -0.2) is 33.8 Å². The molecule has 21 heavy (non-hydrogen) atoms. The van der Waals surface area contributed by atoms with Gasteiger partial charge in [0, 0.05) is 24.2 Å². The molecular weight excluding hydrogens is 270 g/mol. The van der Waals surface area contributed by atoms with Crippen molar-refractivity contribution in [3.05, 3.63) is 28.2 Å². The van der Waals surface area contributed by atoms with Crippen LogP contribution in [0.2, 0.25) is 0 Å². The van der Waals surface area contributed by atoms with E-state index in [1.165, 1.54) is 0 Å². The zero-order valence-electron chi connectivity index (χ0n) is 12.8. The highest BCUT2D eigenvalue weighted by atomic mass is 16.2. The third-order valence-electron chi connectivity index (χ3n) is 3.62. The summed E-state index contributed by atoms with van der Waals surface area (Å²) in [5.74, 6) is -0.734. The van der Waals surface area contributed by atoms with Crippen LogP contribution in [0.5, 0.6) is 0 Å². The van der Waals surface area contributed by atoms with Gasteiger partial charge in [0.2, 0.25) is 11.8 Å². The monoisotopic (exact) mass is 291 g/mol. The van der Waals surface area contributed by atoms with E-state index in [4.69, 9.17) is 0 Å². The van der Waals surface area contributed by atoms with Crippen LogP contribution in [0.15, 0.2) is 16.9 Å². The minimum Gasteiger partial charge on any atom is -0.337 e. The Kier molecular flexibility index (Phi) is 3.89. The maximum absolute atomic E-state index is 12.2. The summed E-state index contributed by atoms with van der Waals surface area (Å²) in [6.07, 6.45) is 0.187. The lowest BCUT2D eigenvalue weighted by molar-refractivity contribution is -0.131. The Hall–Kier alpha value is -2.11. The third-order valence-corrected chi connectivity index (χ3v) is 3.62. The van der Waals surface area contributed by atoms with Gasteiger partial charge in [-0.25, -0.2) is 0 Å². The van der Waals surface area contributed by atoms with E-state index in [1.807, 2.05) is 20.8 Å². The zero-order chi connectivity index (χ0) is 15.8. The molecule has 1 saturated heterocycles. The lowest BCUT2D eigenvalue weighted by Crippen LogP contribution is -2.42. The average Bonchev–Trinajstić information content (AvgIpc) is 2.75. The summed E-state index contributed by atoms with van der Waals surface area (Å²) in [4.78, 5) is 40.3. The summed E-state index contributed by atoms with van der Waals surface area (Å²) in [5.41, 5.74) is 0.313. The second-order valence-corrected chi connectivity index (χ2v) is 6.45. The van der Waals surface area contributed by atoms with E-state index < -0.39 is 5.92 Å². The number of aromatic amines is 1. The second kappa shape index (κ2) is 5.35. The Balaban J connectivity index is 2.09. The molecule has 1 aromatic heterocycles. The molecule has 6 heteroatoms. The van der Waals surface area contributed by atoms with Crippen LogP contribution < -0.4 is 10.9 Å². The van der Waals surface area contributed by atoms with E-state index in [-0.39, 0.29) is 35.0 Å². The first-order valence-electron chi connectivity index (χ1n) is 7.00. The largest absolute Gasteiger partial charge is 0.337 e. The molecule has 0 bridgehead atoms. The molecule has 2 rings (SSSR count). The fraction of sp³-hybridized carbons (Fsp3) is 0.533. The van der Waals surface area contributed by atoms with Crippen LogP contribution in [0.3, 0.4) is 0 Å². The summed E-state index contributed by atoms with van der Waals surface area (Å²) >= 11 is 0. The number of anilines is 1. The number of hydrogen-bond donors (Lipinski definition) is 2. The van der Waals surface area contributed by atoms with E-state index in [1.54, 1.807) is 24.0 Å². The van der Waals surface area contributed by atoms with Crippen molar-refractivity contribution in [2.75, 3.05) is 11.9 Å². The van der Waals surface area contributed by atoms with Crippen LogP contribution in [0, 0.1) is 12.8 Å². The normalized spacial score (nSPS) is 19.0. The smallest absolute Gasteiger partial charge is 0.271 e. The number of rotatable bonds is 2. The van der Waals surface area contributed by atoms with E-state index in [0.29, 0.717) is 6.54 Å². The van der Waals surface area contributed by atoms with E-state index in [9.17, 15) is 14.4 Å². The molecule has 0 saturated carbocycles. The molecule has 1 atom stereocenters. The van der Waals surface area contributed by atoms with Crippen molar-refractivity contribution in [3.63, 3.8) is 0 Å². The molecule has 2 N–H and O–H groups in total. The third kappa shape index (κ3) is 3.32. The van der Waals surface area contributed by atoms with Gasteiger partial charge in [-0.2, -0.15) is 0 Å². The van der Waals surface area contributed by atoms with Gasteiger partial charge in [0.25, 0.3) is 5.56 Å². The van der Waals surface area contributed by atoms with Crippen molar-refractivity contribution in [1.29, 1.82) is 0 Å². The van der Waals surface area contributed by atoms with Crippen molar-refractivity contribution in [2.24, 2.45) is 5.92 Å². The number of aryl methyl sites for hydroxylation is 1. The topological polar surface area (TPSA) is 82.3 Å². The molecule has 2 amide bonds. The average molecular weight is 291 g/mol. The number of pyridine rings is 1. The predicted molar refractivity (Wildman–Crippen MR) is 80.0 cm³/mol. The fourth-order valence-electron chi connectivity index (χ4n) is 2.44. The molecule has 1 aromatic rings. The van der Waals surface area contributed by atoms with Gasteiger partial charge in [-0.05, 0) is 39.8 Å². The van der Waals surface area contributed by atoms with Gasteiger partial charge in [-0.15, -0.1) is 0 Å². The maximum atomic E-state index is 12.2. The first-order chi connectivity index (χ1) is 9.68. The lowest BCUT2D eigenvalue weighted by Gasteiger charge is -2.31. The number of carbonyl (C=O) groups is 2. The quantitative estimate of drug-likeness (QED) is 0.861. The lowest BCUT2D eigenvalue weighted by atomic mass is 10.1. The number of amides is 2. The molecule has 114 valence electrons. The highest BCUT2D eigenvalue weighted by Gasteiger charge is 2.39. The Bertz CT molecular complexity index is 628. The first kappa shape index (κ1) is 15.3. The Morgan fingerprint density at radius 3 is 2.52 bits per heavy atom. The SMILES string of the molecule is Cc1ccc(NC(=O)[C@@H]2CC(=O)N(C(C)(C)C)C2)c(=O)[nH]1. The highest BCUT2D eigenvalue weighted by molar-refractivity contribution is 5.97. The Labute approximate surface area is 123 Å². The van der Waals surface area contributed by atoms with E-state index in [0.717, 1.165) is 5.69 Å². The molecular formula is C15H21N3O3. The summed E-state index contributed by atoms with van der Waals surface area (Å²) in [6, 6.07) is 3.29. The summed E-state index contributed by atoms with van der Waals surface area (Å²) in [6.45, 7) is 7.98. The van der Waals surface area contributed by atoms with Crippen molar-refractivity contribution >= 4 is 17.5 Å². The molecule has 0 aliphatic carbocycles. The Morgan fingerprint density at radius 1 is 1.33 bits per heavy atom. The van der Waals surface area contributed by atoms with Gasteiger partial charge in [-0.1, -0.05) is 0 Å². The molecule has 1 aliphatic rings. The van der Waals surface area contributed by atoms with Crippen LogP contribution in [0.1, 0.15) is 32.9 Å². The molecule has 1 fully saturated rings. The minimum absolute atomic E-state index is 0.0273. The van der Waals surface area contributed by atoms with E-state index >= 15 is 0 Å². The van der Waals surface area contributed by atoms with Crippen molar-refractivity contribution in [1.82, 2.24) is 9.88 Å². The molecule has 0 radical (unpaired) electrons. The van der Waals surface area contributed by atoms with Gasteiger partial charge in [0.05, 0.1) is 5.92 Å². The molecule has 6 nitrogen and oxygen atoms in total. The van der Waals surface area contributed by atoms with Crippen LogP contribution >= 0.6 is 0 Å². The number of likely N-dealkylation sites (tertiary alicyclic amines) is 1. The van der Waals surface area contributed by atoms with Gasteiger partial charge in [-0.3, -0.25) is 14.4 Å². The Morgan fingerprint density at radius 2 is 2.00 bits per heavy atom. The highest BCUT2D eigenvalue weighted by Crippen LogP contribution is 2.26. The van der Waals surface area contributed by atoms with Crippen molar-refractivity contribution < 1.29 is 9.59 Å². The molecule has 1 aliphatic heterocycles. The van der Waals surface area contributed by atoms with Crippen molar-refractivity contribution in [3.8, 4) is 0 Å². The summed E-state index contributed by atoms with van der Waals surface area (Å²) < 4.78 is 0.